The van der Waals surface area contributed by atoms with E-state index in [0.29, 0.717) is 18.1 Å². The summed E-state index contributed by atoms with van der Waals surface area (Å²) in [6.45, 7) is 2.26. The van der Waals surface area contributed by atoms with Crippen LogP contribution in [0.3, 0.4) is 0 Å². The van der Waals surface area contributed by atoms with Crippen LogP contribution in [0.5, 0.6) is 0 Å². The highest BCUT2D eigenvalue weighted by Crippen LogP contribution is 2.40. The maximum Gasteiger partial charge on any atom is 0.212 e. The summed E-state index contributed by atoms with van der Waals surface area (Å²) in [5.41, 5.74) is 0. The second-order valence-corrected chi connectivity index (χ2v) is 7.73. The molecule has 3 rings (SSSR count). The lowest BCUT2D eigenvalue weighted by atomic mass is 9.97. The Kier molecular flexibility index (Phi) is 2.74. The number of nitrogens with two attached hydrogens (primary N) is 1. The van der Waals surface area contributed by atoms with Crippen molar-refractivity contribution in [2.75, 3.05) is 20.1 Å². The van der Waals surface area contributed by atoms with Gasteiger partial charge < -0.3 is 4.90 Å². The lowest BCUT2D eigenvalue weighted by molar-refractivity contribution is 0.000565. The molecule has 0 amide bonds. The van der Waals surface area contributed by atoms with E-state index in [0.717, 1.165) is 38.8 Å². The van der Waals surface area contributed by atoms with E-state index in [1.807, 2.05) is 0 Å². The fourth-order valence-electron chi connectivity index (χ4n) is 3.88. The van der Waals surface area contributed by atoms with Crippen LogP contribution >= 0.6 is 0 Å². The SMILES string of the molecule is CN1CC(N2[C@@H]3CC[C@H]2CC(S(N)(=O)=O)C3)C1. The molecule has 3 heterocycles. The van der Waals surface area contributed by atoms with E-state index in [-0.39, 0.29) is 5.25 Å². The second-order valence-electron chi connectivity index (χ2n) is 5.89. The molecule has 0 saturated carbocycles. The predicted octanol–water partition coefficient (Wildman–Crippen LogP) is -0.416. The Balaban J connectivity index is 1.72. The fraction of sp³-hybridized carbons (Fsp3) is 1.00. The van der Waals surface area contributed by atoms with Gasteiger partial charge in [0.1, 0.15) is 0 Å². The molecule has 3 saturated heterocycles. The zero-order chi connectivity index (χ0) is 12.2. The van der Waals surface area contributed by atoms with Crippen molar-refractivity contribution < 1.29 is 8.42 Å². The highest BCUT2D eigenvalue weighted by molar-refractivity contribution is 7.89. The maximum absolute atomic E-state index is 11.5. The Hall–Kier alpha value is -0.170. The van der Waals surface area contributed by atoms with Crippen LogP contribution in [0.2, 0.25) is 0 Å². The van der Waals surface area contributed by atoms with Gasteiger partial charge in [0.25, 0.3) is 0 Å². The number of piperidine rings is 1. The van der Waals surface area contributed by atoms with E-state index >= 15 is 0 Å². The topological polar surface area (TPSA) is 66.6 Å². The van der Waals surface area contributed by atoms with Crippen LogP contribution in [0.15, 0.2) is 0 Å². The fourth-order valence-corrected chi connectivity index (χ4v) is 4.86. The third kappa shape index (κ3) is 2.01. The summed E-state index contributed by atoms with van der Waals surface area (Å²) < 4.78 is 22.9. The van der Waals surface area contributed by atoms with Gasteiger partial charge in [0.05, 0.1) is 5.25 Å². The zero-order valence-corrected chi connectivity index (χ0v) is 11.1. The van der Waals surface area contributed by atoms with Gasteiger partial charge in [-0.15, -0.1) is 0 Å². The van der Waals surface area contributed by atoms with Crippen molar-refractivity contribution >= 4 is 10.0 Å². The Morgan fingerprint density at radius 3 is 2.00 bits per heavy atom. The third-order valence-electron chi connectivity index (χ3n) is 4.68. The average molecular weight is 259 g/mol. The van der Waals surface area contributed by atoms with Gasteiger partial charge in [-0.25, -0.2) is 13.6 Å². The minimum Gasteiger partial charge on any atom is -0.303 e. The highest BCUT2D eigenvalue weighted by atomic mass is 32.2. The van der Waals surface area contributed by atoms with Gasteiger partial charge in [0, 0.05) is 31.2 Å². The molecule has 0 aromatic carbocycles. The molecule has 0 aromatic rings. The number of nitrogens with zero attached hydrogens (tertiary/aromatic N) is 2. The summed E-state index contributed by atoms with van der Waals surface area (Å²) in [6.07, 6.45) is 3.79. The molecule has 2 N–H and O–H groups in total. The summed E-state index contributed by atoms with van der Waals surface area (Å²) in [7, 11) is -1.20. The standard InChI is InChI=1S/C11H21N3O2S/c1-13-6-10(7-13)14-8-2-3-9(14)5-11(4-8)17(12,15)16/h8-11H,2-7H2,1H3,(H2,12,15,16)/t8-,9+,11?. The van der Waals surface area contributed by atoms with Crippen molar-refractivity contribution in [1.82, 2.24) is 9.80 Å². The monoisotopic (exact) mass is 259 g/mol. The molecular weight excluding hydrogens is 238 g/mol. The van der Waals surface area contributed by atoms with Crippen LogP contribution in [0.1, 0.15) is 25.7 Å². The van der Waals surface area contributed by atoms with Gasteiger partial charge in [-0.2, -0.15) is 0 Å². The van der Waals surface area contributed by atoms with Crippen LogP contribution in [-0.2, 0) is 10.0 Å². The Morgan fingerprint density at radius 1 is 1.06 bits per heavy atom. The van der Waals surface area contributed by atoms with Crippen molar-refractivity contribution in [3.8, 4) is 0 Å². The van der Waals surface area contributed by atoms with Crippen molar-refractivity contribution in [1.29, 1.82) is 0 Å². The molecule has 1 unspecified atom stereocenters. The first-order chi connectivity index (χ1) is 7.95. The smallest absolute Gasteiger partial charge is 0.212 e. The second kappa shape index (κ2) is 3.91. The molecule has 3 aliphatic rings. The van der Waals surface area contributed by atoms with Crippen molar-refractivity contribution in [2.45, 2.75) is 49.1 Å². The predicted molar refractivity (Wildman–Crippen MR) is 66.1 cm³/mol. The van der Waals surface area contributed by atoms with Gasteiger partial charge in [-0.3, -0.25) is 4.90 Å². The van der Waals surface area contributed by atoms with Crippen molar-refractivity contribution in [3.05, 3.63) is 0 Å². The lowest BCUT2D eigenvalue weighted by Gasteiger charge is -2.49. The largest absolute Gasteiger partial charge is 0.303 e. The summed E-state index contributed by atoms with van der Waals surface area (Å²) >= 11 is 0. The summed E-state index contributed by atoms with van der Waals surface area (Å²) in [5.74, 6) is 0. The number of hydrogen-bond acceptors (Lipinski definition) is 4. The minimum absolute atomic E-state index is 0.297. The number of primary sulfonamides is 1. The highest BCUT2D eigenvalue weighted by Gasteiger charge is 2.48. The van der Waals surface area contributed by atoms with E-state index in [1.54, 1.807) is 0 Å². The molecule has 5 nitrogen and oxygen atoms in total. The maximum atomic E-state index is 11.5. The lowest BCUT2D eigenvalue weighted by Crippen LogP contribution is -2.63. The molecule has 0 spiro atoms. The van der Waals surface area contributed by atoms with Crippen LogP contribution in [0.25, 0.3) is 0 Å². The normalized spacial score (nSPS) is 40.5. The van der Waals surface area contributed by atoms with E-state index in [9.17, 15) is 8.42 Å². The molecule has 0 aromatic heterocycles. The number of sulfonamides is 1. The summed E-state index contributed by atoms with van der Waals surface area (Å²) in [4.78, 5) is 4.90. The van der Waals surface area contributed by atoms with Gasteiger partial charge >= 0.3 is 0 Å². The average Bonchev–Trinajstić information content (AvgIpc) is 2.44. The van der Waals surface area contributed by atoms with Crippen LogP contribution in [0.4, 0.5) is 0 Å². The molecule has 2 bridgehead atoms. The van der Waals surface area contributed by atoms with E-state index in [1.165, 1.54) is 0 Å². The Morgan fingerprint density at radius 2 is 1.59 bits per heavy atom. The van der Waals surface area contributed by atoms with E-state index in [4.69, 9.17) is 5.14 Å². The molecule has 98 valence electrons. The van der Waals surface area contributed by atoms with Crippen molar-refractivity contribution in [2.24, 2.45) is 5.14 Å². The minimum atomic E-state index is -3.34. The molecule has 17 heavy (non-hydrogen) atoms. The molecule has 0 radical (unpaired) electrons. The summed E-state index contributed by atoms with van der Waals surface area (Å²) in [6, 6.07) is 1.56. The first kappa shape index (κ1) is 11.9. The van der Waals surface area contributed by atoms with Gasteiger partial charge in [-0.1, -0.05) is 0 Å². The summed E-state index contributed by atoms with van der Waals surface area (Å²) in [5, 5.41) is 5.00. The van der Waals surface area contributed by atoms with Crippen LogP contribution < -0.4 is 5.14 Å². The van der Waals surface area contributed by atoms with E-state index in [2.05, 4.69) is 16.8 Å². The number of hydrogen-bond donors (Lipinski definition) is 1. The van der Waals surface area contributed by atoms with Gasteiger partial charge in [-0.05, 0) is 32.7 Å². The molecule has 3 aliphatic heterocycles. The molecule has 6 heteroatoms. The molecule has 3 atom stereocenters. The Labute approximate surface area is 103 Å². The van der Waals surface area contributed by atoms with Gasteiger partial charge in [0.15, 0.2) is 0 Å². The van der Waals surface area contributed by atoms with Crippen molar-refractivity contribution in [3.63, 3.8) is 0 Å². The molecule has 3 fully saturated rings. The number of rotatable bonds is 2. The molecular formula is C11H21N3O2S. The van der Waals surface area contributed by atoms with Gasteiger partial charge in [0.2, 0.25) is 10.0 Å². The number of likely N-dealkylation sites (tertiary alicyclic amines) is 1. The van der Waals surface area contributed by atoms with E-state index < -0.39 is 10.0 Å². The molecule has 0 aliphatic carbocycles. The number of likely N-dealkylation sites (N-methyl/N-ethyl adjacent to an activating group) is 1. The zero-order valence-electron chi connectivity index (χ0n) is 10.2. The van der Waals surface area contributed by atoms with Crippen LogP contribution in [0, 0.1) is 0 Å². The Bertz CT molecular complexity index is 391. The van der Waals surface area contributed by atoms with Crippen LogP contribution in [-0.4, -0.2) is 61.7 Å². The number of fused-ring (bicyclic) bond motifs is 2. The third-order valence-corrected chi connectivity index (χ3v) is 5.99. The quantitative estimate of drug-likeness (QED) is 0.732. The first-order valence-corrected chi connectivity index (χ1v) is 8.03. The first-order valence-electron chi connectivity index (χ1n) is 6.42.